The van der Waals surface area contributed by atoms with E-state index in [4.69, 9.17) is 8.83 Å². The topological polar surface area (TPSA) is 26.3 Å². The first-order valence-electron chi connectivity index (χ1n) is 15.5. The summed E-state index contributed by atoms with van der Waals surface area (Å²) in [5.41, 5.74) is 11.2. The van der Waals surface area contributed by atoms with Crippen molar-refractivity contribution in [2.45, 2.75) is 26.7 Å². The Bertz CT molecular complexity index is 2360. The molecule has 0 N–H and O–H groups in total. The van der Waals surface area contributed by atoms with Crippen molar-refractivity contribution in [1.29, 1.82) is 0 Å². The van der Waals surface area contributed by atoms with E-state index in [1.165, 1.54) is 54.9 Å². The lowest BCUT2D eigenvalue weighted by Gasteiger charge is -2.06. The summed E-state index contributed by atoms with van der Waals surface area (Å²) in [7, 11) is 0. The number of rotatable bonds is 4. The minimum Gasteiger partial charge on any atom is -0.456 e. The molecule has 0 saturated carbocycles. The van der Waals surface area contributed by atoms with Crippen LogP contribution >= 0.6 is 0 Å². The second-order valence-corrected chi connectivity index (χ2v) is 12.0. The maximum Gasteiger partial charge on any atom is 0.136 e. The molecule has 2 aromatic heterocycles. The second kappa shape index (κ2) is 9.59. The monoisotopic (exact) mass is 566 g/mol. The van der Waals surface area contributed by atoms with Crippen molar-refractivity contribution in [2.24, 2.45) is 0 Å². The fourth-order valence-electron chi connectivity index (χ4n) is 6.76. The van der Waals surface area contributed by atoms with Gasteiger partial charge in [-0.2, -0.15) is 0 Å². The predicted molar refractivity (Wildman–Crippen MR) is 186 cm³/mol. The van der Waals surface area contributed by atoms with Gasteiger partial charge in [0.15, 0.2) is 0 Å². The van der Waals surface area contributed by atoms with Gasteiger partial charge < -0.3 is 8.83 Å². The van der Waals surface area contributed by atoms with Gasteiger partial charge in [-0.05, 0) is 116 Å². The molecular weight excluding hydrogens is 536 g/mol. The number of hydrogen-bond acceptors (Lipinski definition) is 2. The van der Waals surface area contributed by atoms with Crippen LogP contribution in [0.5, 0.6) is 0 Å². The minimum atomic E-state index is 0.880. The fraction of sp³-hybridized carbons (Fsp3) is 0.0952. The molecule has 9 rings (SSSR count). The molecular formula is C42H30O2. The van der Waals surface area contributed by atoms with Gasteiger partial charge in [0.1, 0.15) is 22.3 Å². The summed E-state index contributed by atoms with van der Waals surface area (Å²) in [6.45, 7) is 4.38. The van der Waals surface area contributed by atoms with Crippen molar-refractivity contribution < 1.29 is 8.83 Å². The van der Waals surface area contributed by atoms with Crippen molar-refractivity contribution in [1.82, 2.24) is 0 Å². The first kappa shape index (κ1) is 25.2. The van der Waals surface area contributed by atoms with Gasteiger partial charge in [0.05, 0.1) is 0 Å². The van der Waals surface area contributed by atoms with Crippen LogP contribution in [0.3, 0.4) is 0 Å². The maximum absolute atomic E-state index is 6.47. The van der Waals surface area contributed by atoms with E-state index in [2.05, 4.69) is 135 Å². The van der Waals surface area contributed by atoms with Crippen LogP contribution in [0.25, 0.3) is 87.7 Å². The number of benzene rings is 7. The predicted octanol–water partition coefficient (Wildman–Crippen LogP) is 12.3. The largest absolute Gasteiger partial charge is 0.456 e. The van der Waals surface area contributed by atoms with E-state index in [0.717, 1.165) is 56.7 Å². The van der Waals surface area contributed by atoms with Crippen LogP contribution < -0.4 is 0 Å². The molecule has 0 aliphatic heterocycles. The van der Waals surface area contributed by atoms with Crippen LogP contribution in [0, 0.1) is 0 Å². The molecule has 0 spiro atoms. The van der Waals surface area contributed by atoms with E-state index in [1.807, 2.05) is 0 Å². The Morgan fingerprint density at radius 3 is 1.11 bits per heavy atom. The van der Waals surface area contributed by atoms with Crippen LogP contribution in [0.4, 0.5) is 0 Å². The summed E-state index contributed by atoms with van der Waals surface area (Å²) in [5, 5.41) is 9.12. The highest BCUT2D eigenvalue weighted by Gasteiger charge is 2.15. The number of aryl methyl sites for hydroxylation is 2. The molecule has 0 unspecified atom stereocenters. The molecule has 0 aliphatic carbocycles. The summed E-state index contributed by atoms with van der Waals surface area (Å²) in [6, 6.07) is 44.3. The first-order chi connectivity index (χ1) is 21.6. The molecule has 2 heteroatoms. The molecule has 2 heterocycles. The highest BCUT2D eigenvalue weighted by molar-refractivity contribution is 6.18. The molecule has 9 aromatic rings. The van der Waals surface area contributed by atoms with Gasteiger partial charge in [0.2, 0.25) is 0 Å². The van der Waals surface area contributed by atoms with Gasteiger partial charge in [0, 0.05) is 21.5 Å². The van der Waals surface area contributed by atoms with Gasteiger partial charge in [-0.1, -0.05) is 86.6 Å². The molecule has 210 valence electrons. The summed E-state index contributed by atoms with van der Waals surface area (Å²) >= 11 is 0. The third kappa shape index (κ3) is 3.95. The summed E-state index contributed by atoms with van der Waals surface area (Å²) < 4.78 is 12.9. The molecule has 7 aromatic carbocycles. The van der Waals surface area contributed by atoms with Crippen molar-refractivity contribution >= 4 is 65.4 Å². The van der Waals surface area contributed by atoms with Gasteiger partial charge >= 0.3 is 0 Å². The zero-order valence-corrected chi connectivity index (χ0v) is 24.8. The van der Waals surface area contributed by atoms with Gasteiger partial charge in [-0.15, -0.1) is 0 Å². The van der Waals surface area contributed by atoms with E-state index in [9.17, 15) is 0 Å². The average Bonchev–Trinajstić information content (AvgIpc) is 3.60. The smallest absolute Gasteiger partial charge is 0.136 e. The van der Waals surface area contributed by atoms with E-state index < -0.39 is 0 Å². The third-order valence-electron chi connectivity index (χ3n) is 9.37. The van der Waals surface area contributed by atoms with Crippen LogP contribution in [0.1, 0.15) is 25.0 Å². The highest BCUT2D eigenvalue weighted by atomic mass is 16.3. The molecule has 0 fully saturated rings. The van der Waals surface area contributed by atoms with Crippen LogP contribution in [-0.2, 0) is 12.8 Å². The zero-order chi connectivity index (χ0) is 29.4. The van der Waals surface area contributed by atoms with E-state index in [0.29, 0.717) is 0 Å². The van der Waals surface area contributed by atoms with Gasteiger partial charge in [-0.3, -0.25) is 0 Å². The lowest BCUT2D eigenvalue weighted by molar-refractivity contribution is 0.664. The fourth-order valence-corrected chi connectivity index (χ4v) is 6.76. The SMILES string of the molecule is CCc1ccc(-c2ccc3cc4oc5cc6c(cc5c4cc3c2)oc2cc3ccc(-c4ccc(CC)cc4)cc3cc26)cc1. The molecule has 2 nitrogen and oxygen atoms in total. The Labute approximate surface area is 255 Å². The summed E-state index contributed by atoms with van der Waals surface area (Å²) in [6.07, 6.45) is 2.10. The minimum absolute atomic E-state index is 0.880. The second-order valence-electron chi connectivity index (χ2n) is 12.0. The number of hydrogen-bond donors (Lipinski definition) is 0. The number of fused-ring (bicyclic) bond motifs is 8. The van der Waals surface area contributed by atoms with E-state index >= 15 is 0 Å². The van der Waals surface area contributed by atoms with Crippen LogP contribution in [-0.4, -0.2) is 0 Å². The van der Waals surface area contributed by atoms with Crippen LogP contribution in [0.2, 0.25) is 0 Å². The van der Waals surface area contributed by atoms with Crippen molar-refractivity contribution in [2.75, 3.05) is 0 Å². The standard InChI is InChI=1S/C42H30O2/c1-3-25-5-9-27(10-6-25)29-13-15-31-21-39-35(19-33(31)17-29)37-23-42-38(24-41(37)43-39)36-20-34-18-30(14-16-32(34)22-40(36)44-42)28-11-7-26(4-2)8-12-28/h5-24H,3-4H2,1-2H3. The van der Waals surface area contributed by atoms with Crippen molar-refractivity contribution in [3.05, 3.63) is 132 Å². The summed E-state index contributed by atoms with van der Waals surface area (Å²) in [4.78, 5) is 0. The quantitative estimate of drug-likeness (QED) is 0.212. The Morgan fingerprint density at radius 1 is 0.341 bits per heavy atom. The lowest BCUT2D eigenvalue weighted by atomic mass is 9.98. The molecule has 0 bridgehead atoms. The normalized spacial score (nSPS) is 12.0. The Morgan fingerprint density at radius 2 is 0.705 bits per heavy atom. The molecule has 0 radical (unpaired) electrons. The third-order valence-corrected chi connectivity index (χ3v) is 9.37. The molecule has 0 atom stereocenters. The molecule has 0 saturated heterocycles. The van der Waals surface area contributed by atoms with Gasteiger partial charge in [0.25, 0.3) is 0 Å². The van der Waals surface area contributed by atoms with Crippen molar-refractivity contribution in [3.8, 4) is 22.3 Å². The Balaban J connectivity index is 1.17. The Kier molecular flexibility index (Phi) is 5.49. The lowest BCUT2D eigenvalue weighted by Crippen LogP contribution is -1.82. The number of furan rings is 2. The van der Waals surface area contributed by atoms with Gasteiger partial charge in [-0.25, -0.2) is 0 Å². The summed E-state index contributed by atoms with van der Waals surface area (Å²) in [5.74, 6) is 0. The van der Waals surface area contributed by atoms with E-state index in [-0.39, 0.29) is 0 Å². The van der Waals surface area contributed by atoms with E-state index in [1.54, 1.807) is 0 Å². The average molecular weight is 567 g/mol. The first-order valence-corrected chi connectivity index (χ1v) is 15.5. The molecule has 0 aliphatic rings. The zero-order valence-electron chi connectivity index (χ0n) is 24.8. The molecule has 0 amide bonds. The molecule has 44 heavy (non-hydrogen) atoms. The Hall–Kier alpha value is -5.34. The van der Waals surface area contributed by atoms with Crippen LogP contribution in [0.15, 0.2) is 130 Å². The highest BCUT2D eigenvalue weighted by Crippen LogP contribution is 2.40. The van der Waals surface area contributed by atoms with Crippen molar-refractivity contribution in [3.63, 3.8) is 0 Å². The maximum atomic E-state index is 6.47.